The van der Waals surface area contributed by atoms with E-state index in [1.807, 2.05) is 31.2 Å². The van der Waals surface area contributed by atoms with Gasteiger partial charge < -0.3 is 14.4 Å². The van der Waals surface area contributed by atoms with E-state index in [9.17, 15) is 10.1 Å². The zero-order valence-corrected chi connectivity index (χ0v) is 15.9. The molecule has 140 valence electrons. The van der Waals surface area contributed by atoms with Gasteiger partial charge in [-0.2, -0.15) is 0 Å². The van der Waals surface area contributed by atoms with E-state index in [2.05, 4.69) is 9.97 Å². The molecule has 0 radical (unpaired) electrons. The maximum atomic E-state index is 11.8. The van der Waals surface area contributed by atoms with Crippen LogP contribution in [0, 0.1) is 17.0 Å². The summed E-state index contributed by atoms with van der Waals surface area (Å²) in [5.41, 5.74) is 1.02. The summed E-state index contributed by atoms with van der Waals surface area (Å²) in [5.74, 6) is 0.272. The largest absolute Gasteiger partial charge is 0.383 e. The van der Waals surface area contributed by atoms with Crippen LogP contribution in [-0.2, 0) is 9.47 Å². The van der Waals surface area contributed by atoms with Gasteiger partial charge in [-0.25, -0.2) is 9.97 Å². The van der Waals surface area contributed by atoms with E-state index in [1.165, 1.54) is 18.1 Å². The van der Waals surface area contributed by atoms with Crippen LogP contribution >= 0.6 is 11.8 Å². The first kappa shape index (κ1) is 20.1. The smallest absolute Gasteiger partial charge is 0.343 e. The van der Waals surface area contributed by atoms with Crippen LogP contribution in [0.15, 0.2) is 40.5 Å². The molecule has 9 heteroatoms. The highest BCUT2D eigenvalue weighted by molar-refractivity contribution is 7.99. The SMILES string of the molecule is COCCN(CCOC)c1ncnc(Sc2ccc(C)cc2)c1[N+](=O)[O-]. The Balaban J connectivity index is 2.38. The summed E-state index contributed by atoms with van der Waals surface area (Å²) in [4.78, 5) is 22.3. The van der Waals surface area contributed by atoms with Crippen molar-refractivity contribution in [3.8, 4) is 0 Å². The Labute approximate surface area is 156 Å². The first-order valence-electron chi connectivity index (χ1n) is 8.03. The van der Waals surface area contributed by atoms with Gasteiger partial charge in [0.15, 0.2) is 5.03 Å². The molecule has 26 heavy (non-hydrogen) atoms. The Bertz CT molecular complexity index is 719. The molecule has 1 aromatic heterocycles. The second kappa shape index (κ2) is 10.0. The number of aromatic nitrogens is 2. The van der Waals surface area contributed by atoms with Gasteiger partial charge in [0.05, 0.1) is 18.1 Å². The van der Waals surface area contributed by atoms with Gasteiger partial charge in [-0.1, -0.05) is 29.5 Å². The molecule has 1 aromatic carbocycles. The first-order chi connectivity index (χ1) is 12.6. The van der Waals surface area contributed by atoms with Crippen LogP contribution in [0.4, 0.5) is 11.5 Å². The van der Waals surface area contributed by atoms with Crippen LogP contribution in [0.5, 0.6) is 0 Å². The van der Waals surface area contributed by atoms with Crippen LogP contribution in [0.2, 0.25) is 0 Å². The molecule has 0 aliphatic rings. The molecule has 2 rings (SSSR count). The molecule has 0 unspecified atom stereocenters. The number of ether oxygens (including phenoxy) is 2. The lowest BCUT2D eigenvalue weighted by atomic mass is 10.2. The lowest BCUT2D eigenvalue weighted by molar-refractivity contribution is -0.387. The molecule has 0 saturated heterocycles. The van der Waals surface area contributed by atoms with E-state index in [0.717, 1.165) is 10.5 Å². The van der Waals surface area contributed by atoms with E-state index in [4.69, 9.17) is 9.47 Å². The van der Waals surface area contributed by atoms with Gasteiger partial charge in [0, 0.05) is 32.2 Å². The fourth-order valence-electron chi connectivity index (χ4n) is 2.26. The second-order valence-electron chi connectivity index (χ2n) is 5.50. The molecule has 0 amide bonds. The van der Waals surface area contributed by atoms with Gasteiger partial charge in [-0.15, -0.1) is 0 Å². The van der Waals surface area contributed by atoms with Crippen LogP contribution in [0.3, 0.4) is 0 Å². The van der Waals surface area contributed by atoms with Gasteiger partial charge in [0.25, 0.3) is 0 Å². The normalized spacial score (nSPS) is 10.7. The van der Waals surface area contributed by atoms with Crippen LogP contribution in [0.1, 0.15) is 5.56 Å². The third-order valence-corrected chi connectivity index (χ3v) is 4.62. The van der Waals surface area contributed by atoms with Crippen molar-refractivity contribution in [2.75, 3.05) is 45.4 Å². The quantitative estimate of drug-likeness (QED) is 0.354. The number of anilines is 1. The second-order valence-corrected chi connectivity index (χ2v) is 6.56. The standard InChI is InChI=1S/C17H22N4O4S/c1-13-4-6-14(7-5-13)26-17-15(21(22)23)16(18-12-19-17)20(8-10-24-2)9-11-25-3/h4-7,12H,8-11H2,1-3H3. The number of hydrogen-bond acceptors (Lipinski definition) is 8. The Morgan fingerprint density at radius 1 is 1.12 bits per heavy atom. The lowest BCUT2D eigenvalue weighted by Gasteiger charge is -2.23. The molecule has 0 aliphatic carbocycles. The lowest BCUT2D eigenvalue weighted by Crippen LogP contribution is -2.32. The third-order valence-electron chi connectivity index (χ3n) is 3.62. The van der Waals surface area contributed by atoms with Gasteiger partial charge in [0.1, 0.15) is 6.33 Å². The van der Waals surface area contributed by atoms with Gasteiger partial charge in [0.2, 0.25) is 5.82 Å². The van der Waals surface area contributed by atoms with Crippen molar-refractivity contribution < 1.29 is 14.4 Å². The zero-order valence-electron chi connectivity index (χ0n) is 15.0. The molecule has 0 aliphatic heterocycles. The van der Waals surface area contributed by atoms with Gasteiger partial charge in [-0.05, 0) is 19.1 Å². The average Bonchev–Trinajstić information content (AvgIpc) is 2.63. The number of nitro groups is 1. The summed E-state index contributed by atoms with van der Waals surface area (Å²) in [5, 5.41) is 12.1. The summed E-state index contributed by atoms with van der Waals surface area (Å²) in [6.07, 6.45) is 1.35. The van der Waals surface area contributed by atoms with E-state index in [1.54, 1.807) is 19.1 Å². The summed E-state index contributed by atoms with van der Waals surface area (Å²) in [6.45, 7) is 3.76. The van der Waals surface area contributed by atoms with E-state index < -0.39 is 4.92 Å². The topological polar surface area (TPSA) is 90.6 Å². The predicted octanol–water partition coefficient (Wildman–Crippen LogP) is 2.94. The number of methoxy groups -OCH3 is 2. The van der Waals surface area contributed by atoms with Crippen molar-refractivity contribution >= 4 is 23.3 Å². The monoisotopic (exact) mass is 378 g/mol. The summed E-state index contributed by atoms with van der Waals surface area (Å²) in [7, 11) is 3.17. The minimum Gasteiger partial charge on any atom is -0.383 e. The van der Waals surface area contributed by atoms with Crippen molar-refractivity contribution in [3.63, 3.8) is 0 Å². The minimum atomic E-state index is -0.432. The number of nitrogens with zero attached hydrogens (tertiary/aromatic N) is 4. The Morgan fingerprint density at radius 2 is 1.73 bits per heavy atom. The number of hydrogen-bond donors (Lipinski definition) is 0. The van der Waals surface area contributed by atoms with Crippen LogP contribution in [0.25, 0.3) is 0 Å². The Kier molecular flexibility index (Phi) is 7.76. The van der Waals surface area contributed by atoms with E-state index >= 15 is 0 Å². The molecule has 8 nitrogen and oxygen atoms in total. The predicted molar refractivity (Wildman–Crippen MR) is 100.0 cm³/mol. The van der Waals surface area contributed by atoms with E-state index in [0.29, 0.717) is 31.3 Å². The average molecular weight is 378 g/mol. The fourth-order valence-corrected chi connectivity index (χ4v) is 3.12. The molecule has 0 saturated carbocycles. The molecule has 2 aromatic rings. The molecule has 0 atom stereocenters. The maximum absolute atomic E-state index is 11.8. The third kappa shape index (κ3) is 5.38. The molecular weight excluding hydrogens is 356 g/mol. The molecule has 0 fully saturated rings. The molecular formula is C17H22N4O4S. The van der Waals surface area contributed by atoms with Gasteiger partial charge in [-0.3, -0.25) is 10.1 Å². The minimum absolute atomic E-state index is 0.106. The van der Waals surface area contributed by atoms with Crippen molar-refractivity contribution in [2.45, 2.75) is 16.8 Å². The zero-order chi connectivity index (χ0) is 18.9. The number of aryl methyl sites for hydroxylation is 1. The first-order valence-corrected chi connectivity index (χ1v) is 8.85. The Hall–Kier alpha value is -2.23. The van der Waals surface area contributed by atoms with Gasteiger partial charge >= 0.3 is 5.69 Å². The molecule has 0 bridgehead atoms. The number of benzene rings is 1. The van der Waals surface area contributed by atoms with E-state index in [-0.39, 0.29) is 11.5 Å². The van der Waals surface area contributed by atoms with Crippen molar-refractivity contribution in [1.29, 1.82) is 0 Å². The van der Waals surface area contributed by atoms with Crippen molar-refractivity contribution in [2.24, 2.45) is 0 Å². The van der Waals surface area contributed by atoms with Crippen LogP contribution < -0.4 is 4.90 Å². The highest BCUT2D eigenvalue weighted by Gasteiger charge is 2.27. The van der Waals surface area contributed by atoms with Crippen molar-refractivity contribution in [1.82, 2.24) is 9.97 Å². The molecule has 0 spiro atoms. The Morgan fingerprint density at radius 3 is 2.27 bits per heavy atom. The summed E-state index contributed by atoms with van der Waals surface area (Å²) >= 11 is 1.25. The summed E-state index contributed by atoms with van der Waals surface area (Å²) < 4.78 is 10.2. The maximum Gasteiger partial charge on any atom is 0.343 e. The molecule has 1 heterocycles. The highest BCUT2D eigenvalue weighted by atomic mass is 32.2. The number of rotatable bonds is 10. The summed E-state index contributed by atoms with van der Waals surface area (Å²) in [6, 6.07) is 7.75. The highest BCUT2D eigenvalue weighted by Crippen LogP contribution is 2.37. The van der Waals surface area contributed by atoms with Crippen LogP contribution in [-0.4, -0.2) is 55.4 Å². The molecule has 0 N–H and O–H groups in total. The fraction of sp³-hybridized carbons (Fsp3) is 0.412. The van der Waals surface area contributed by atoms with Crippen molar-refractivity contribution in [3.05, 3.63) is 46.3 Å².